The van der Waals surface area contributed by atoms with E-state index in [1.54, 1.807) is 12.3 Å². The number of amides is 1. The second kappa shape index (κ2) is 8.38. The molecule has 0 spiro atoms. The molecule has 3 heterocycles. The molecule has 33 heavy (non-hydrogen) atoms. The summed E-state index contributed by atoms with van der Waals surface area (Å²) in [5.74, 6) is -1.62. The molecule has 2 N–H and O–H groups in total. The molecule has 0 atom stereocenters. The molecule has 4 aromatic rings. The zero-order valence-electron chi connectivity index (χ0n) is 17.4. The third-order valence-corrected chi connectivity index (χ3v) is 5.62. The van der Waals surface area contributed by atoms with Crippen molar-refractivity contribution in [1.82, 2.24) is 30.1 Å². The van der Waals surface area contributed by atoms with Gasteiger partial charge in [0.05, 0.1) is 5.56 Å². The number of hydrogen-bond acceptors (Lipinski definition) is 6. The summed E-state index contributed by atoms with van der Waals surface area (Å²) in [4.78, 5) is 18.0. The van der Waals surface area contributed by atoms with E-state index in [9.17, 15) is 13.6 Å². The number of aromatic nitrogens is 5. The first-order valence-electron chi connectivity index (χ1n) is 10.4. The molecule has 1 aliphatic heterocycles. The number of carbonyl (C=O) groups excluding carboxylic acids is 1. The third-order valence-electron chi connectivity index (χ3n) is 5.62. The summed E-state index contributed by atoms with van der Waals surface area (Å²) in [7, 11) is 0. The number of hydrogen-bond donors (Lipinski definition) is 1. The molecule has 1 saturated heterocycles. The molecular formula is C23H19F2N7O. The van der Waals surface area contributed by atoms with Crippen molar-refractivity contribution in [2.45, 2.75) is 19.4 Å². The molecule has 0 unspecified atom stereocenters. The number of nitrogens with two attached hydrogens (primary N) is 1. The zero-order valence-corrected chi connectivity index (χ0v) is 17.4. The Balaban J connectivity index is 1.47. The van der Waals surface area contributed by atoms with E-state index in [1.165, 1.54) is 12.1 Å². The summed E-state index contributed by atoms with van der Waals surface area (Å²) in [5, 5.41) is 11.4. The van der Waals surface area contributed by atoms with Crippen molar-refractivity contribution in [3.8, 4) is 28.2 Å². The number of likely N-dealkylation sites (tertiary alicyclic amines) is 1. The lowest BCUT2D eigenvalue weighted by molar-refractivity contribution is -0.128. The highest BCUT2D eigenvalue weighted by molar-refractivity contribution is 5.78. The lowest BCUT2D eigenvalue weighted by Gasteiger charge is -2.15. The van der Waals surface area contributed by atoms with E-state index in [0.29, 0.717) is 18.5 Å². The van der Waals surface area contributed by atoms with Gasteiger partial charge in [0.25, 0.3) is 0 Å². The van der Waals surface area contributed by atoms with Crippen molar-refractivity contribution in [2.24, 2.45) is 0 Å². The lowest BCUT2D eigenvalue weighted by atomic mass is 10.0. The first kappa shape index (κ1) is 20.7. The van der Waals surface area contributed by atoms with Crippen molar-refractivity contribution in [2.75, 3.05) is 12.3 Å². The Bertz CT molecular complexity index is 1340. The molecule has 0 aliphatic carbocycles. The van der Waals surface area contributed by atoms with Gasteiger partial charge in [0.15, 0.2) is 17.5 Å². The van der Waals surface area contributed by atoms with Crippen molar-refractivity contribution in [3.05, 3.63) is 71.9 Å². The maximum Gasteiger partial charge on any atom is 0.222 e. The Morgan fingerprint density at radius 2 is 1.88 bits per heavy atom. The monoisotopic (exact) mass is 447 g/mol. The molecule has 2 aromatic carbocycles. The molecule has 166 valence electrons. The molecule has 2 aromatic heterocycles. The molecule has 0 saturated carbocycles. The van der Waals surface area contributed by atoms with E-state index in [2.05, 4.69) is 20.5 Å². The number of pyridine rings is 1. The fraction of sp³-hybridized carbons (Fsp3) is 0.174. The van der Waals surface area contributed by atoms with Crippen LogP contribution in [0.25, 0.3) is 28.2 Å². The Kier molecular flexibility index (Phi) is 5.25. The largest absolute Gasteiger partial charge is 0.383 e. The predicted molar refractivity (Wildman–Crippen MR) is 117 cm³/mol. The second-order valence-electron chi connectivity index (χ2n) is 7.76. The number of nitrogens with zero attached hydrogens (tertiary/aromatic N) is 6. The maximum absolute atomic E-state index is 14.4. The Labute approximate surface area is 187 Å². The van der Waals surface area contributed by atoms with Crippen LogP contribution in [0.2, 0.25) is 0 Å². The van der Waals surface area contributed by atoms with E-state index in [1.807, 2.05) is 29.2 Å². The molecule has 1 fully saturated rings. The number of anilines is 1. The minimum atomic E-state index is -1.07. The standard InChI is InChI=1S/C23H19F2N7O/c24-18-3-1-4-19(21(18)25)32-23(28-29-30-32)17-11-16(12-27-22(17)26)15-8-6-14(7-9-15)13-31-10-2-5-20(31)33/h1,3-4,6-9,11-12H,2,5,10,13H2,(H2,26,27). The maximum atomic E-state index is 14.4. The minimum absolute atomic E-state index is 0.135. The quantitative estimate of drug-likeness (QED) is 0.503. The van der Waals surface area contributed by atoms with Crippen molar-refractivity contribution in [1.29, 1.82) is 0 Å². The number of benzene rings is 2. The number of halogens is 2. The number of tetrazole rings is 1. The summed E-state index contributed by atoms with van der Waals surface area (Å²) in [5.41, 5.74) is 8.97. The molecule has 0 bridgehead atoms. The van der Waals surface area contributed by atoms with Crippen molar-refractivity contribution in [3.63, 3.8) is 0 Å². The van der Waals surface area contributed by atoms with Crippen molar-refractivity contribution >= 4 is 11.7 Å². The predicted octanol–water partition coefficient (Wildman–Crippen LogP) is 3.37. The summed E-state index contributed by atoms with van der Waals surface area (Å²) in [6.07, 6.45) is 3.13. The molecule has 0 radical (unpaired) electrons. The van der Waals surface area contributed by atoms with Crippen molar-refractivity contribution < 1.29 is 13.6 Å². The molecule has 5 rings (SSSR count). The highest BCUT2D eigenvalue weighted by Crippen LogP contribution is 2.30. The molecule has 1 amide bonds. The molecule has 1 aliphatic rings. The van der Waals surface area contributed by atoms with Gasteiger partial charge in [0.2, 0.25) is 5.91 Å². The van der Waals surface area contributed by atoms with Gasteiger partial charge < -0.3 is 10.6 Å². The van der Waals surface area contributed by atoms with Gasteiger partial charge in [-0.25, -0.2) is 13.8 Å². The van der Waals surface area contributed by atoms with Crippen LogP contribution >= 0.6 is 0 Å². The van der Waals surface area contributed by atoms with Crippen LogP contribution in [0.1, 0.15) is 18.4 Å². The lowest BCUT2D eigenvalue weighted by Crippen LogP contribution is -2.23. The topological polar surface area (TPSA) is 103 Å². The van der Waals surface area contributed by atoms with Crippen LogP contribution in [0.5, 0.6) is 0 Å². The van der Waals surface area contributed by atoms with Gasteiger partial charge in [-0.1, -0.05) is 30.3 Å². The van der Waals surface area contributed by atoms with Crippen LogP contribution in [0.4, 0.5) is 14.6 Å². The fourth-order valence-corrected chi connectivity index (χ4v) is 3.88. The summed E-state index contributed by atoms with van der Waals surface area (Å²) < 4.78 is 29.2. The number of carbonyl (C=O) groups is 1. The first-order valence-corrected chi connectivity index (χ1v) is 10.4. The van der Waals surface area contributed by atoms with Gasteiger partial charge in [-0.05, 0) is 46.2 Å². The Morgan fingerprint density at radius 1 is 1.06 bits per heavy atom. The van der Waals surface area contributed by atoms with Crippen LogP contribution in [0.15, 0.2) is 54.7 Å². The highest BCUT2D eigenvalue weighted by atomic mass is 19.2. The average molecular weight is 447 g/mol. The SMILES string of the molecule is Nc1ncc(-c2ccc(CN3CCCC3=O)cc2)cc1-c1nnnn1-c1cccc(F)c1F. The van der Waals surface area contributed by atoms with Gasteiger partial charge in [-0.3, -0.25) is 4.79 Å². The van der Waals surface area contributed by atoms with Gasteiger partial charge in [-0.2, -0.15) is 4.68 Å². The molecular weight excluding hydrogens is 428 g/mol. The van der Waals surface area contributed by atoms with Crippen LogP contribution in [-0.4, -0.2) is 42.5 Å². The molecule has 8 nitrogen and oxygen atoms in total. The smallest absolute Gasteiger partial charge is 0.222 e. The molecule has 10 heteroatoms. The van der Waals surface area contributed by atoms with Gasteiger partial charge in [-0.15, -0.1) is 5.10 Å². The van der Waals surface area contributed by atoms with Gasteiger partial charge >= 0.3 is 0 Å². The van der Waals surface area contributed by atoms with E-state index in [-0.39, 0.29) is 23.2 Å². The highest BCUT2D eigenvalue weighted by Gasteiger charge is 2.21. The van der Waals surface area contributed by atoms with E-state index in [0.717, 1.165) is 40.4 Å². The average Bonchev–Trinajstić information content (AvgIpc) is 3.46. The Hall–Kier alpha value is -4.21. The van der Waals surface area contributed by atoms with Crippen LogP contribution in [0, 0.1) is 11.6 Å². The van der Waals surface area contributed by atoms with Crippen LogP contribution < -0.4 is 5.73 Å². The normalized spacial score (nSPS) is 13.6. The van der Waals surface area contributed by atoms with Gasteiger partial charge in [0, 0.05) is 31.3 Å². The summed E-state index contributed by atoms with van der Waals surface area (Å²) in [6.45, 7) is 1.37. The summed E-state index contributed by atoms with van der Waals surface area (Å²) in [6, 6.07) is 13.3. The van der Waals surface area contributed by atoms with Crippen LogP contribution in [0.3, 0.4) is 0 Å². The summed E-state index contributed by atoms with van der Waals surface area (Å²) >= 11 is 0. The van der Waals surface area contributed by atoms with E-state index in [4.69, 9.17) is 5.73 Å². The van der Waals surface area contributed by atoms with E-state index >= 15 is 0 Å². The minimum Gasteiger partial charge on any atom is -0.383 e. The third kappa shape index (κ3) is 3.91. The zero-order chi connectivity index (χ0) is 22.9. The Morgan fingerprint density at radius 3 is 2.64 bits per heavy atom. The van der Waals surface area contributed by atoms with E-state index < -0.39 is 11.6 Å². The number of nitrogen functional groups attached to an aromatic ring is 1. The second-order valence-corrected chi connectivity index (χ2v) is 7.76. The fourth-order valence-electron chi connectivity index (χ4n) is 3.88. The van der Waals surface area contributed by atoms with Crippen LogP contribution in [-0.2, 0) is 11.3 Å². The van der Waals surface area contributed by atoms with Gasteiger partial charge in [0.1, 0.15) is 11.5 Å². The number of rotatable bonds is 5. The first-order chi connectivity index (χ1) is 16.0.